The number of nitrogens with one attached hydrogen (secondary N) is 3. The largest absolute Gasteiger partial charge is 0.444 e. The molecule has 0 aliphatic heterocycles. The molecule has 2 aromatic rings. The monoisotopic (exact) mass is 516 g/mol. The van der Waals surface area contributed by atoms with Gasteiger partial charge in [-0.3, -0.25) is 14.4 Å². The second kappa shape index (κ2) is 17.3. The third-order valence-electron chi connectivity index (χ3n) is 4.25. The minimum absolute atomic E-state index is 0.154. The molecule has 2 amide bonds. The predicted molar refractivity (Wildman–Crippen MR) is 150 cm³/mol. The van der Waals surface area contributed by atoms with Crippen LogP contribution in [0.25, 0.3) is 4.91 Å². The second-order valence-corrected chi connectivity index (χ2v) is 9.68. The molecule has 0 aliphatic rings. The number of nitrogens with zero attached hydrogens (tertiary/aromatic N) is 1. The van der Waals surface area contributed by atoms with Crippen LogP contribution in [0.1, 0.15) is 43.0 Å². The Bertz CT molecular complexity index is 955. The first-order valence-corrected chi connectivity index (χ1v) is 12.1. The van der Waals surface area contributed by atoms with Gasteiger partial charge in [-0.2, -0.15) is 0 Å². The van der Waals surface area contributed by atoms with Crippen LogP contribution in [0.4, 0.5) is 4.79 Å². The van der Waals surface area contributed by atoms with Gasteiger partial charge in [0.2, 0.25) is 0 Å². The average Bonchev–Trinajstić information content (AvgIpc) is 2.83. The van der Waals surface area contributed by atoms with Gasteiger partial charge in [0.25, 0.3) is 5.91 Å². The van der Waals surface area contributed by atoms with Crippen molar-refractivity contribution in [1.82, 2.24) is 15.1 Å². The maximum absolute atomic E-state index is 11.2. The zero-order chi connectivity index (χ0) is 27.7. The van der Waals surface area contributed by atoms with Gasteiger partial charge in [-0.1, -0.05) is 66.2 Å². The summed E-state index contributed by atoms with van der Waals surface area (Å²) in [6, 6.07) is 16.2. The van der Waals surface area contributed by atoms with Gasteiger partial charge in [-0.05, 0) is 64.7 Å². The van der Waals surface area contributed by atoms with Crippen molar-refractivity contribution < 1.29 is 19.2 Å². The van der Waals surface area contributed by atoms with Crippen LogP contribution in [-0.4, -0.2) is 56.6 Å². The number of likely N-dealkylation sites (N-methyl/N-ethyl adjacent to an activating group) is 1. The van der Waals surface area contributed by atoms with Gasteiger partial charge in [0.05, 0.1) is 7.11 Å². The molecule has 2 aromatic carbocycles. The normalized spacial score (nSPS) is 10.0. The number of amides is 2. The van der Waals surface area contributed by atoms with Gasteiger partial charge in [0.15, 0.2) is 0 Å². The van der Waals surface area contributed by atoms with Gasteiger partial charge in [-0.25, -0.2) is 9.86 Å². The first kappa shape index (κ1) is 32.9. The van der Waals surface area contributed by atoms with Crippen LogP contribution in [0.3, 0.4) is 0 Å². The molecule has 0 radical (unpaired) electrons. The van der Waals surface area contributed by atoms with E-state index in [1.807, 2.05) is 38.2 Å². The molecule has 0 saturated heterocycles. The van der Waals surface area contributed by atoms with E-state index in [9.17, 15) is 9.59 Å². The van der Waals surface area contributed by atoms with Crippen LogP contribution in [0, 0.1) is 19.3 Å². The van der Waals surface area contributed by atoms with Crippen LogP contribution < -0.4 is 10.0 Å². The van der Waals surface area contributed by atoms with E-state index in [1.165, 1.54) is 37.1 Å². The molecule has 0 bridgehead atoms. The molecule has 0 aromatic heterocycles. The minimum atomic E-state index is -0.625. The van der Waals surface area contributed by atoms with Crippen LogP contribution >= 0.6 is 11.9 Å². The van der Waals surface area contributed by atoms with Crippen molar-refractivity contribution in [3.8, 4) is 0 Å². The van der Waals surface area contributed by atoms with Gasteiger partial charge >= 0.3 is 6.09 Å². The molecule has 0 heterocycles. The van der Waals surface area contributed by atoms with E-state index < -0.39 is 11.7 Å². The first-order valence-electron chi connectivity index (χ1n) is 11.3. The van der Waals surface area contributed by atoms with Crippen molar-refractivity contribution >= 4 is 35.1 Å². The Morgan fingerprint density at radius 1 is 1.06 bits per heavy atom. The summed E-state index contributed by atoms with van der Waals surface area (Å²) in [5.74, 6) is -0.358. The molecule has 36 heavy (non-hydrogen) atoms. The van der Waals surface area contributed by atoms with Crippen molar-refractivity contribution in [2.75, 3.05) is 27.7 Å². The second-order valence-electron chi connectivity index (χ2n) is 8.58. The summed E-state index contributed by atoms with van der Waals surface area (Å²) in [7, 11) is 4.72. The number of carbonyl (C=O) groups excluding carboxylic acids is 2. The zero-order valence-corrected chi connectivity index (χ0v) is 23.4. The molecule has 0 spiro atoms. The van der Waals surface area contributed by atoms with Crippen molar-refractivity contribution in [3.05, 3.63) is 77.4 Å². The highest BCUT2D eigenvalue weighted by Crippen LogP contribution is 2.22. The lowest BCUT2D eigenvalue weighted by molar-refractivity contribution is -0.167. The summed E-state index contributed by atoms with van der Waals surface area (Å²) in [5, 5.41) is 10.2. The Morgan fingerprint density at radius 3 is 1.97 bits per heavy atom. The minimum Gasteiger partial charge on any atom is -0.444 e. The highest BCUT2D eigenvalue weighted by molar-refractivity contribution is 8.06. The lowest BCUT2D eigenvalue weighted by Crippen LogP contribution is -2.40. The lowest BCUT2D eigenvalue weighted by atomic mass is 10.1. The Morgan fingerprint density at radius 2 is 1.56 bits per heavy atom. The van der Waals surface area contributed by atoms with Crippen LogP contribution in [0.2, 0.25) is 0 Å². The summed E-state index contributed by atoms with van der Waals surface area (Å²) in [6.45, 7) is 13.1. The van der Waals surface area contributed by atoms with Crippen LogP contribution in [-0.2, 0) is 14.4 Å². The fraction of sp³-hybridized carbons (Fsp3) is 0.370. The molecular formula is C27H40N4O4S. The number of ether oxygens (including phenoxy) is 1. The first-order chi connectivity index (χ1) is 16.8. The molecule has 9 heteroatoms. The van der Waals surface area contributed by atoms with Crippen molar-refractivity contribution in [3.63, 3.8) is 0 Å². The lowest BCUT2D eigenvalue weighted by Gasteiger charge is -2.20. The van der Waals surface area contributed by atoms with Crippen LogP contribution in [0.5, 0.6) is 0 Å². The Labute approximate surface area is 220 Å². The fourth-order valence-electron chi connectivity index (χ4n) is 2.26. The van der Waals surface area contributed by atoms with Gasteiger partial charge < -0.3 is 15.5 Å². The van der Waals surface area contributed by atoms with E-state index in [0.717, 1.165) is 15.5 Å². The third kappa shape index (κ3) is 15.7. The highest BCUT2D eigenvalue weighted by Gasteiger charge is 2.17. The molecule has 198 valence electrons. The number of hydroxylamine groups is 2. The molecule has 8 nitrogen and oxygen atoms in total. The number of hydrogen-bond acceptors (Lipinski definition) is 7. The Balaban J connectivity index is 0.000000525. The van der Waals surface area contributed by atoms with Crippen molar-refractivity contribution in [2.24, 2.45) is 0 Å². The van der Waals surface area contributed by atoms with E-state index in [1.54, 1.807) is 32.7 Å². The quantitative estimate of drug-likeness (QED) is 0.260. The number of aryl methyl sites for hydroxylation is 2. The number of carbonyl (C=O) groups is 2. The molecule has 3 N–H and O–H groups in total. The molecule has 0 atom stereocenters. The Hall–Kier alpha value is -3.14. The maximum Gasteiger partial charge on any atom is 0.408 e. The summed E-state index contributed by atoms with van der Waals surface area (Å²) in [6.07, 6.45) is 0.722. The molecule has 0 fully saturated rings. The SMILES string of the molecule is C=C(SNC)c1ccc(C)cc1.CON(C)C(=O)CNC(=O)OC(C)(C)C.Cc1ccc(C=N)cc1. The zero-order valence-electron chi connectivity index (χ0n) is 22.6. The third-order valence-corrected chi connectivity index (χ3v) is 4.94. The van der Waals surface area contributed by atoms with E-state index in [2.05, 4.69) is 52.6 Å². The summed E-state index contributed by atoms with van der Waals surface area (Å²) in [5.41, 5.74) is 4.09. The molecule has 2 rings (SSSR count). The molecule has 0 saturated carbocycles. The molecule has 0 unspecified atom stereocenters. The van der Waals surface area contributed by atoms with E-state index in [0.29, 0.717) is 0 Å². The summed E-state index contributed by atoms with van der Waals surface area (Å²) >= 11 is 1.55. The van der Waals surface area contributed by atoms with Crippen molar-refractivity contribution in [2.45, 2.75) is 40.2 Å². The van der Waals surface area contributed by atoms with E-state index >= 15 is 0 Å². The molecular weight excluding hydrogens is 476 g/mol. The predicted octanol–water partition coefficient (Wildman–Crippen LogP) is 5.36. The summed E-state index contributed by atoms with van der Waals surface area (Å²) in [4.78, 5) is 28.0. The number of alkyl carbamates (subject to hydrolysis) is 1. The van der Waals surface area contributed by atoms with Gasteiger partial charge in [0.1, 0.15) is 12.1 Å². The number of rotatable bonds is 7. The van der Waals surface area contributed by atoms with Crippen molar-refractivity contribution in [1.29, 1.82) is 5.41 Å². The average molecular weight is 517 g/mol. The van der Waals surface area contributed by atoms with Crippen LogP contribution in [0.15, 0.2) is 55.1 Å². The number of hydrogen-bond donors (Lipinski definition) is 3. The summed E-state index contributed by atoms with van der Waals surface area (Å²) < 4.78 is 7.94. The molecule has 0 aliphatic carbocycles. The smallest absolute Gasteiger partial charge is 0.408 e. The van der Waals surface area contributed by atoms with E-state index in [-0.39, 0.29) is 12.5 Å². The number of benzene rings is 2. The Kier molecular flexibility index (Phi) is 15.8. The highest BCUT2D eigenvalue weighted by atomic mass is 32.2. The van der Waals surface area contributed by atoms with Gasteiger partial charge in [-0.15, -0.1) is 0 Å². The van der Waals surface area contributed by atoms with Gasteiger partial charge in [0, 0.05) is 18.2 Å². The fourth-order valence-corrected chi connectivity index (χ4v) is 2.76. The standard InChI is InChI=1S/C10H13NS.C9H18N2O4.C8H9N/c1-8-4-6-10(7-5-8)9(2)12-11-3;1-9(2,3)15-8(13)10-6-7(12)11(4)14-5;1-7-2-4-8(6-9)5-3-7/h4-7,11H,2H2,1,3H3;6H2,1-5H3,(H,10,13);2-6,9H,1H3. The topological polar surface area (TPSA) is 104 Å². The maximum atomic E-state index is 11.2. The van der Waals surface area contributed by atoms with E-state index in [4.69, 9.17) is 10.1 Å².